The van der Waals surface area contributed by atoms with Crippen LogP contribution in [0.15, 0.2) is 65.6 Å². The lowest BCUT2D eigenvalue weighted by Gasteiger charge is -2.32. The van der Waals surface area contributed by atoms with Gasteiger partial charge in [0.2, 0.25) is 16.0 Å². The number of hydrogen-bond acceptors (Lipinski definition) is 7. The summed E-state index contributed by atoms with van der Waals surface area (Å²) < 4.78 is 70.5. The molecule has 0 aliphatic carbocycles. The summed E-state index contributed by atoms with van der Waals surface area (Å²) in [4.78, 5) is 23.2. The topological polar surface area (TPSA) is 109 Å². The van der Waals surface area contributed by atoms with Gasteiger partial charge in [-0.05, 0) is 67.6 Å². The lowest BCUT2D eigenvalue weighted by atomic mass is 9.94. The molecule has 0 spiro atoms. The lowest BCUT2D eigenvalue weighted by molar-refractivity contribution is -0.137. The molecular weight excluding hydrogens is 581 g/mol. The largest absolute Gasteiger partial charge is 0.417 e. The van der Waals surface area contributed by atoms with Crippen molar-refractivity contribution in [2.45, 2.75) is 43.9 Å². The number of nitrogens with one attached hydrogen (secondary N) is 2. The molecule has 2 aromatic carbocycles. The minimum Gasteiger partial charge on any atom is -0.324 e. The molecule has 6 rings (SSSR count). The van der Waals surface area contributed by atoms with E-state index in [1.807, 2.05) is 30.3 Å². The molecule has 13 heteroatoms. The monoisotopic (exact) mass is 612 g/mol. The molecule has 0 bridgehead atoms. The molecule has 2 N–H and O–H groups in total. The van der Waals surface area contributed by atoms with E-state index in [0.717, 1.165) is 37.4 Å². The van der Waals surface area contributed by atoms with E-state index in [1.165, 1.54) is 27.2 Å². The van der Waals surface area contributed by atoms with E-state index < -0.39 is 33.4 Å². The van der Waals surface area contributed by atoms with Crippen molar-refractivity contribution in [2.75, 3.05) is 31.2 Å². The van der Waals surface area contributed by atoms with Crippen LogP contribution in [0.5, 0.6) is 0 Å². The van der Waals surface area contributed by atoms with Gasteiger partial charge >= 0.3 is 6.18 Å². The number of sulfonamides is 1. The Bertz CT molecular complexity index is 1820. The molecule has 0 amide bonds. The van der Waals surface area contributed by atoms with Gasteiger partial charge in [-0.1, -0.05) is 30.3 Å². The summed E-state index contributed by atoms with van der Waals surface area (Å²) in [5, 5.41) is 6.73. The van der Waals surface area contributed by atoms with Crippen molar-refractivity contribution in [3.05, 3.63) is 82.3 Å². The van der Waals surface area contributed by atoms with Gasteiger partial charge in [-0.25, -0.2) is 17.7 Å². The van der Waals surface area contributed by atoms with Crippen LogP contribution in [0.4, 0.5) is 24.8 Å². The minimum absolute atomic E-state index is 0.108. The van der Waals surface area contributed by atoms with E-state index in [-0.39, 0.29) is 41.9 Å². The molecule has 4 aromatic rings. The third-order valence-electron chi connectivity index (χ3n) is 8.16. The SMILES string of the molecule is CS(=O)(=O)N1CCC(n2c(=O)c(-c3ccc(C4CCCN4)cc3C(F)(F)F)cc3cnc(Nc4ccccc4)nc32)CC1. The molecular formula is C30H31F3N6O3S. The van der Waals surface area contributed by atoms with E-state index in [2.05, 4.69) is 20.6 Å². The summed E-state index contributed by atoms with van der Waals surface area (Å²) in [6.45, 7) is 1.10. The summed E-state index contributed by atoms with van der Waals surface area (Å²) in [6, 6.07) is 14.1. The number of alkyl halides is 3. The van der Waals surface area contributed by atoms with Crippen LogP contribution < -0.4 is 16.2 Å². The fraction of sp³-hybridized carbons (Fsp3) is 0.367. The fourth-order valence-electron chi connectivity index (χ4n) is 6.01. The third kappa shape index (κ3) is 6.01. The molecule has 2 aromatic heterocycles. The van der Waals surface area contributed by atoms with Crippen molar-refractivity contribution in [1.29, 1.82) is 0 Å². The number of fused-ring (bicyclic) bond motifs is 1. The number of benzene rings is 2. The number of piperidine rings is 1. The first-order valence-corrected chi connectivity index (χ1v) is 16.0. The smallest absolute Gasteiger partial charge is 0.324 e. The van der Waals surface area contributed by atoms with Crippen LogP contribution in [0.3, 0.4) is 0 Å². The van der Waals surface area contributed by atoms with Gasteiger partial charge in [0.25, 0.3) is 5.56 Å². The number of nitrogens with zero attached hydrogens (tertiary/aromatic N) is 4. The fourth-order valence-corrected chi connectivity index (χ4v) is 6.89. The van der Waals surface area contributed by atoms with Crippen LogP contribution in [0.1, 0.15) is 48.9 Å². The lowest BCUT2D eigenvalue weighted by Crippen LogP contribution is -2.40. The number of pyridine rings is 1. The normalized spacial score (nSPS) is 18.7. The van der Waals surface area contributed by atoms with Crippen LogP contribution in [-0.2, 0) is 16.2 Å². The zero-order valence-electron chi connectivity index (χ0n) is 23.4. The summed E-state index contributed by atoms with van der Waals surface area (Å²) >= 11 is 0. The maximum Gasteiger partial charge on any atom is 0.417 e. The number of anilines is 2. The van der Waals surface area contributed by atoms with Gasteiger partial charge in [-0.15, -0.1) is 0 Å². The van der Waals surface area contributed by atoms with Crippen LogP contribution >= 0.6 is 0 Å². The van der Waals surface area contributed by atoms with Gasteiger partial charge in [0, 0.05) is 48.0 Å². The maximum absolute atomic E-state index is 14.5. The number of aromatic nitrogens is 3. The molecule has 43 heavy (non-hydrogen) atoms. The average Bonchev–Trinajstić information content (AvgIpc) is 3.52. The molecule has 1 atom stereocenters. The summed E-state index contributed by atoms with van der Waals surface area (Å²) in [6.07, 6.45) is 0.142. The second kappa shape index (κ2) is 11.4. The quantitative estimate of drug-likeness (QED) is 0.307. The van der Waals surface area contributed by atoms with Crippen molar-refractivity contribution in [3.63, 3.8) is 0 Å². The van der Waals surface area contributed by atoms with Crippen LogP contribution in [-0.4, -0.2) is 53.1 Å². The minimum atomic E-state index is -4.70. The molecule has 2 aliphatic rings. The van der Waals surface area contributed by atoms with Crippen molar-refractivity contribution in [2.24, 2.45) is 0 Å². The summed E-state index contributed by atoms with van der Waals surface area (Å²) in [5.74, 6) is 0.220. The number of halogens is 3. The van der Waals surface area contributed by atoms with Crippen molar-refractivity contribution >= 4 is 32.7 Å². The first-order valence-electron chi connectivity index (χ1n) is 14.1. The Hall–Kier alpha value is -3.81. The van der Waals surface area contributed by atoms with E-state index in [0.29, 0.717) is 23.8 Å². The Morgan fingerprint density at radius 3 is 2.40 bits per heavy atom. The van der Waals surface area contributed by atoms with Gasteiger partial charge in [-0.3, -0.25) is 9.36 Å². The molecule has 226 valence electrons. The van der Waals surface area contributed by atoms with Gasteiger partial charge < -0.3 is 10.6 Å². The Morgan fingerprint density at radius 1 is 1.00 bits per heavy atom. The first kappa shape index (κ1) is 29.3. The van der Waals surface area contributed by atoms with Gasteiger partial charge in [0.05, 0.1) is 11.8 Å². The summed E-state index contributed by atoms with van der Waals surface area (Å²) in [7, 11) is -3.43. The van der Waals surface area contributed by atoms with E-state index in [1.54, 1.807) is 6.07 Å². The molecule has 0 radical (unpaired) electrons. The highest BCUT2D eigenvalue weighted by molar-refractivity contribution is 7.88. The number of rotatable bonds is 6. The Morgan fingerprint density at radius 2 is 1.74 bits per heavy atom. The zero-order valence-corrected chi connectivity index (χ0v) is 24.3. The molecule has 2 aliphatic heterocycles. The molecule has 9 nitrogen and oxygen atoms in total. The molecule has 4 heterocycles. The van der Waals surface area contributed by atoms with Crippen LogP contribution in [0.2, 0.25) is 0 Å². The Labute approximate surface area is 246 Å². The second-order valence-corrected chi connectivity index (χ2v) is 13.0. The van der Waals surface area contributed by atoms with E-state index >= 15 is 0 Å². The summed E-state index contributed by atoms with van der Waals surface area (Å²) in [5.41, 5.74) is -0.300. The van der Waals surface area contributed by atoms with E-state index in [4.69, 9.17) is 0 Å². The van der Waals surface area contributed by atoms with Gasteiger partial charge in [-0.2, -0.15) is 18.2 Å². The maximum atomic E-state index is 14.5. The van der Waals surface area contributed by atoms with Crippen LogP contribution in [0.25, 0.3) is 22.2 Å². The van der Waals surface area contributed by atoms with Gasteiger partial charge in [0.15, 0.2) is 0 Å². The predicted octanol–water partition coefficient (Wildman–Crippen LogP) is 5.24. The predicted molar refractivity (Wildman–Crippen MR) is 159 cm³/mol. The standard InChI is InChI=1S/C30H31F3N6O3S/c1-43(41,42)38-14-11-22(12-15-38)39-27-20(18-35-29(37-27)36-21-6-3-2-4-7-21)16-24(28(39)40)23-10-9-19(26-8-5-13-34-26)17-25(23)30(31,32)33/h2-4,6-7,9-10,16-18,22,26,34H,5,8,11-15H2,1H3,(H,35,36,37). The highest BCUT2D eigenvalue weighted by atomic mass is 32.2. The van der Waals surface area contributed by atoms with Crippen LogP contribution in [0, 0.1) is 0 Å². The Kier molecular flexibility index (Phi) is 7.73. The van der Waals surface area contributed by atoms with Crippen molar-refractivity contribution in [1.82, 2.24) is 24.2 Å². The first-order chi connectivity index (χ1) is 20.5. The molecule has 2 saturated heterocycles. The molecule has 2 fully saturated rings. The van der Waals surface area contributed by atoms with Crippen molar-refractivity contribution < 1.29 is 21.6 Å². The highest BCUT2D eigenvalue weighted by Gasteiger charge is 2.36. The zero-order chi connectivity index (χ0) is 30.4. The number of para-hydroxylation sites is 1. The van der Waals surface area contributed by atoms with Crippen molar-refractivity contribution in [3.8, 4) is 11.1 Å². The Balaban J connectivity index is 1.50. The molecule has 1 unspecified atom stereocenters. The third-order valence-corrected chi connectivity index (χ3v) is 9.47. The average molecular weight is 613 g/mol. The highest BCUT2D eigenvalue weighted by Crippen LogP contribution is 2.39. The number of hydrogen-bond donors (Lipinski definition) is 2. The molecule has 0 saturated carbocycles. The second-order valence-electron chi connectivity index (χ2n) is 11.0. The van der Waals surface area contributed by atoms with Gasteiger partial charge in [0.1, 0.15) is 5.65 Å². The van der Waals surface area contributed by atoms with E-state index in [9.17, 15) is 26.4 Å².